The Morgan fingerprint density at radius 1 is 1.16 bits per heavy atom. The molecule has 0 radical (unpaired) electrons. The summed E-state index contributed by atoms with van der Waals surface area (Å²) >= 11 is 6.35. The van der Waals surface area contributed by atoms with Gasteiger partial charge in [-0.05, 0) is 44.3 Å². The molecule has 0 bridgehead atoms. The van der Waals surface area contributed by atoms with Gasteiger partial charge in [-0.25, -0.2) is 0 Å². The largest absolute Gasteiger partial charge is 0.491 e. The van der Waals surface area contributed by atoms with E-state index in [9.17, 15) is 0 Å². The van der Waals surface area contributed by atoms with Crippen LogP contribution in [-0.2, 0) is 6.54 Å². The molecule has 0 aliphatic rings. The number of ether oxygens (including phenoxy) is 2. The van der Waals surface area contributed by atoms with Crippen LogP contribution in [0.1, 0.15) is 24.1 Å². The Morgan fingerprint density at radius 3 is 2.48 bits per heavy atom. The summed E-state index contributed by atoms with van der Waals surface area (Å²) in [5.41, 5.74) is 2.33. The van der Waals surface area contributed by atoms with Gasteiger partial charge in [-0.3, -0.25) is 0 Å². The Labute approximate surface area is 155 Å². The fourth-order valence-corrected chi connectivity index (χ4v) is 3.07. The second-order valence-electron chi connectivity index (χ2n) is 6.15. The molecule has 136 valence electrons. The summed E-state index contributed by atoms with van der Waals surface area (Å²) in [4.78, 5) is 2.18. The average Bonchev–Trinajstić information content (AvgIpc) is 2.59. The van der Waals surface area contributed by atoms with Crippen LogP contribution in [0.3, 0.4) is 0 Å². The number of methoxy groups -OCH3 is 1. The number of nitrogens with one attached hydrogen (secondary N) is 1. The lowest BCUT2D eigenvalue weighted by molar-refractivity contribution is 0.310. The zero-order chi connectivity index (χ0) is 18.2. The van der Waals surface area contributed by atoms with Crippen molar-refractivity contribution in [3.63, 3.8) is 0 Å². The van der Waals surface area contributed by atoms with Crippen molar-refractivity contribution in [2.24, 2.45) is 0 Å². The van der Waals surface area contributed by atoms with E-state index in [1.807, 2.05) is 25.1 Å². The van der Waals surface area contributed by atoms with E-state index in [1.54, 1.807) is 7.11 Å². The minimum Gasteiger partial charge on any atom is -0.491 e. The number of likely N-dealkylation sites (N-methyl/N-ethyl adjacent to an activating group) is 1. The highest BCUT2D eigenvalue weighted by atomic mass is 35.5. The van der Waals surface area contributed by atoms with Crippen LogP contribution in [0.15, 0.2) is 42.5 Å². The molecule has 1 atom stereocenters. The van der Waals surface area contributed by atoms with Crippen LogP contribution in [0, 0.1) is 0 Å². The molecule has 2 aromatic rings. The monoisotopic (exact) mass is 362 g/mol. The van der Waals surface area contributed by atoms with Gasteiger partial charge >= 0.3 is 0 Å². The number of hydrogen-bond donors (Lipinski definition) is 1. The second-order valence-corrected chi connectivity index (χ2v) is 6.56. The van der Waals surface area contributed by atoms with E-state index in [-0.39, 0.29) is 6.04 Å². The first kappa shape index (κ1) is 19.6. The lowest BCUT2D eigenvalue weighted by Gasteiger charge is -2.23. The fourth-order valence-electron chi connectivity index (χ4n) is 2.76. The summed E-state index contributed by atoms with van der Waals surface area (Å²) in [7, 11) is 5.76. The molecule has 0 aromatic heterocycles. The van der Waals surface area contributed by atoms with Crippen LogP contribution in [0.25, 0.3) is 0 Å². The molecular formula is C20H27ClN2O2. The Bertz CT molecular complexity index is 662. The van der Waals surface area contributed by atoms with Gasteiger partial charge in [0.15, 0.2) is 11.5 Å². The predicted octanol–water partition coefficient (Wildman–Crippen LogP) is 4.14. The van der Waals surface area contributed by atoms with Gasteiger partial charge in [0.05, 0.1) is 18.7 Å². The smallest absolute Gasteiger partial charge is 0.179 e. The van der Waals surface area contributed by atoms with Gasteiger partial charge in [-0.15, -0.1) is 0 Å². The van der Waals surface area contributed by atoms with Crippen LogP contribution < -0.4 is 14.8 Å². The number of nitrogens with zero attached hydrogens (tertiary/aromatic N) is 1. The summed E-state index contributed by atoms with van der Waals surface area (Å²) in [6.45, 7) is 4.11. The van der Waals surface area contributed by atoms with Crippen molar-refractivity contribution in [1.82, 2.24) is 10.2 Å². The normalized spacial score (nSPS) is 12.2. The van der Waals surface area contributed by atoms with Crippen molar-refractivity contribution in [1.29, 1.82) is 0 Å². The van der Waals surface area contributed by atoms with Crippen LogP contribution in [0.4, 0.5) is 0 Å². The number of benzene rings is 2. The van der Waals surface area contributed by atoms with Crippen molar-refractivity contribution in [3.05, 3.63) is 58.6 Å². The minimum absolute atomic E-state index is 0.229. The Balaban J connectivity index is 2.17. The molecule has 0 spiro atoms. The first-order chi connectivity index (χ1) is 12.0. The molecule has 4 nitrogen and oxygen atoms in total. The summed E-state index contributed by atoms with van der Waals surface area (Å²) in [5, 5.41) is 4.19. The lowest BCUT2D eigenvalue weighted by Crippen LogP contribution is -2.30. The number of halogens is 1. The van der Waals surface area contributed by atoms with E-state index in [4.69, 9.17) is 21.1 Å². The summed E-state index contributed by atoms with van der Waals surface area (Å²) in [6, 6.07) is 14.6. The van der Waals surface area contributed by atoms with E-state index < -0.39 is 0 Å². The molecule has 0 fully saturated rings. The third kappa shape index (κ3) is 5.63. The molecule has 0 aliphatic carbocycles. The lowest BCUT2D eigenvalue weighted by atomic mass is 10.1. The first-order valence-corrected chi connectivity index (χ1v) is 8.85. The number of rotatable bonds is 9. The second kappa shape index (κ2) is 9.66. The molecular weight excluding hydrogens is 336 g/mol. The van der Waals surface area contributed by atoms with Gasteiger partial charge in [0.1, 0.15) is 0 Å². The molecule has 0 unspecified atom stereocenters. The molecule has 0 heterocycles. The van der Waals surface area contributed by atoms with Crippen LogP contribution in [0.2, 0.25) is 5.02 Å². The van der Waals surface area contributed by atoms with Gasteiger partial charge in [0, 0.05) is 19.1 Å². The molecule has 0 saturated heterocycles. The molecule has 2 rings (SSSR count). The van der Waals surface area contributed by atoms with Gasteiger partial charge in [-0.2, -0.15) is 0 Å². The van der Waals surface area contributed by atoms with Gasteiger partial charge in [0.25, 0.3) is 0 Å². The van der Waals surface area contributed by atoms with Crippen LogP contribution in [0.5, 0.6) is 11.5 Å². The van der Waals surface area contributed by atoms with Crippen molar-refractivity contribution in [2.75, 3.05) is 34.4 Å². The summed E-state index contributed by atoms with van der Waals surface area (Å²) < 4.78 is 11.0. The third-order valence-corrected chi connectivity index (χ3v) is 4.16. The predicted molar refractivity (Wildman–Crippen MR) is 104 cm³/mol. The van der Waals surface area contributed by atoms with Crippen molar-refractivity contribution in [2.45, 2.75) is 19.5 Å². The van der Waals surface area contributed by atoms with Crippen molar-refractivity contribution < 1.29 is 9.47 Å². The Kier molecular flexibility index (Phi) is 7.56. The van der Waals surface area contributed by atoms with E-state index in [2.05, 4.69) is 48.6 Å². The minimum atomic E-state index is 0.229. The van der Waals surface area contributed by atoms with E-state index >= 15 is 0 Å². The zero-order valence-electron chi connectivity index (χ0n) is 15.4. The topological polar surface area (TPSA) is 33.7 Å². The summed E-state index contributed by atoms with van der Waals surface area (Å²) in [5.74, 6) is 1.26. The SMILES string of the molecule is CCOc1cc(CN[C@H](CN(C)C)c2ccccc2)cc(Cl)c1OC. The molecule has 1 N–H and O–H groups in total. The maximum Gasteiger partial charge on any atom is 0.179 e. The van der Waals surface area contributed by atoms with Gasteiger partial charge in [0.2, 0.25) is 0 Å². The zero-order valence-corrected chi connectivity index (χ0v) is 16.1. The Morgan fingerprint density at radius 2 is 1.88 bits per heavy atom. The highest BCUT2D eigenvalue weighted by Gasteiger charge is 2.15. The van der Waals surface area contributed by atoms with Crippen molar-refractivity contribution in [3.8, 4) is 11.5 Å². The van der Waals surface area contributed by atoms with Gasteiger partial charge in [-0.1, -0.05) is 41.9 Å². The summed E-state index contributed by atoms with van der Waals surface area (Å²) in [6.07, 6.45) is 0. The van der Waals surface area contributed by atoms with E-state index in [0.29, 0.717) is 29.7 Å². The van der Waals surface area contributed by atoms with Crippen LogP contribution >= 0.6 is 11.6 Å². The quantitative estimate of drug-likeness (QED) is 0.727. The highest BCUT2D eigenvalue weighted by Crippen LogP contribution is 2.36. The van der Waals surface area contributed by atoms with E-state index in [1.165, 1.54) is 5.56 Å². The van der Waals surface area contributed by atoms with Gasteiger partial charge < -0.3 is 19.7 Å². The van der Waals surface area contributed by atoms with Crippen molar-refractivity contribution >= 4 is 11.6 Å². The third-order valence-electron chi connectivity index (χ3n) is 3.88. The highest BCUT2D eigenvalue weighted by molar-refractivity contribution is 6.32. The van der Waals surface area contributed by atoms with Crippen LogP contribution in [-0.4, -0.2) is 39.3 Å². The maximum atomic E-state index is 6.35. The van der Waals surface area contributed by atoms with E-state index in [0.717, 1.165) is 12.1 Å². The first-order valence-electron chi connectivity index (χ1n) is 8.47. The number of hydrogen-bond acceptors (Lipinski definition) is 4. The molecule has 0 saturated carbocycles. The molecule has 25 heavy (non-hydrogen) atoms. The average molecular weight is 363 g/mol. The Hall–Kier alpha value is -1.75. The maximum absolute atomic E-state index is 6.35. The molecule has 5 heteroatoms. The standard InChI is InChI=1S/C20H27ClN2O2/c1-5-25-19-12-15(11-17(21)20(19)24-4)13-22-18(14-23(2)3)16-9-7-6-8-10-16/h6-12,18,22H,5,13-14H2,1-4H3/t18-/m1/s1. The molecule has 0 aliphatic heterocycles. The fraction of sp³-hybridized carbons (Fsp3) is 0.400. The molecule has 2 aromatic carbocycles. The molecule has 0 amide bonds.